The molecule has 0 aliphatic rings. The van der Waals surface area contributed by atoms with E-state index < -0.39 is 15.9 Å². The van der Waals surface area contributed by atoms with Crippen LogP contribution in [0.25, 0.3) is 0 Å². The zero-order chi connectivity index (χ0) is 26.3. The Bertz CT molecular complexity index is 1270. The van der Waals surface area contributed by atoms with Crippen LogP contribution in [0.1, 0.15) is 40.0 Å². The van der Waals surface area contributed by atoms with Crippen LogP contribution in [-0.4, -0.2) is 40.3 Å². The van der Waals surface area contributed by atoms with Crippen molar-refractivity contribution in [3.8, 4) is 0 Å². The van der Waals surface area contributed by atoms with Gasteiger partial charge in [-0.05, 0) is 60.4 Å². The second kappa shape index (κ2) is 12.1. The normalized spacial score (nSPS) is 13.1. The van der Waals surface area contributed by atoms with Gasteiger partial charge in [-0.25, -0.2) is 12.8 Å². The lowest BCUT2D eigenvalue weighted by Crippen LogP contribution is -2.29. The van der Waals surface area contributed by atoms with Crippen molar-refractivity contribution in [2.75, 3.05) is 24.2 Å². The maximum absolute atomic E-state index is 13.2. The van der Waals surface area contributed by atoms with E-state index in [1.807, 2.05) is 30.3 Å². The predicted octanol–water partition coefficient (Wildman–Crippen LogP) is 3.80. The number of nitrogens with zero attached hydrogens (tertiary/aromatic N) is 1. The fourth-order valence-corrected chi connectivity index (χ4v) is 4.17. The van der Waals surface area contributed by atoms with Gasteiger partial charge in [-0.2, -0.15) is 0 Å². The Kier molecular flexibility index (Phi) is 9.19. The minimum atomic E-state index is -3.55. The summed E-state index contributed by atoms with van der Waals surface area (Å²) in [6.07, 6.45) is 1.75. The number of nitrogens with two attached hydrogens (primary N) is 1. The number of hydrogen-bond donors (Lipinski definition) is 2. The quantitative estimate of drug-likeness (QED) is 0.406. The van der Waals surface area contributed by atoms with Crippen molar-refractivity contribution < 1.29 is 22.3 Å². The largest absolute Gasteiger partial charge is 0.375 e. The minimum Gasteiger partial charge on any atom is -0.375 e. The van der Waals surface area contributed by atoms with Crippen molar-refractivity contribution in [1.82, 2.24) is 5.32 Å². The lowest BCUT2D eigenvalue weighted by Gasteiger charge is -2.20. The van der Waals surface area contributed by atoms with E-state index in [0.29, 0.717) is 24.3 Å². The van der Waals surface area contributed by atoms with Gasteiger partial charge in [-0.15, -0.1) is 0 Å². The van der Waals surface area contributed by atoms with Gasteiger partial charge in [-0.3, -0.25) is 9.10 Å². The molecule has 3 N–H and O–H groups in total. The van der Waals surface area contributed by atoms with Crippen LogP contribution in [0.2, 0.25) is 0 Å². The summed E-state index contributed by atoms with van der Waals surface area (Å²) in [4.78, 5) is 13.0. The highest BCUT2D eigenvalue weighted by atomic mass is 32.2. The molecule has 0 spiro atoms. The Labute approximate surface area is 212 Å². The van der Waals surface area contributed by atoms with Crippen LogP contribution >= 0.6 is 0 Å². The molecule has 0 radical (unpaired) electrons. The summed E-state index contributed by atoms with van der Waals surface area (Å²) in [5, 5.41) is 2.88. The highest BCUT2D eigenvalue weighted by Gasteiger charge is 2.18. The third-order valence-electron chi connectivity index (χ3n) is 5.76. The molecule has 0 aliphatic heterocycles. The number of carbonyl (C=O) groups is 1. The van der Waals surface area contributed by atoms with E-state index in [0.717, 1.165) is 21.7 Å². The van der Waals surface area contributed by atoms with E-state index in [9.17, 15) is 17.6 Å². The Morgan fingerprint density at radius 2 is 1.72 bits per heavy atom. The van der Waals surface area contributed by atoms with Crippen molar-refractivity contribution in [3.05, 3.63) is 101 Å². The summed E-state index contributed by atoms with van der Waals surface area (Å²) in [5.74, 6) is -0.750. The number of rotatable bonds is 11. The molecule has 3 rings (SSSR count). The summed E-state index contributed by atoms with van der Waals surface area (Å²) in [6.45, 7) is 2.24. The third-order valence-corrected chi connectivity index (χ3v) is 6.97. The first-order chi connectivity index (χ1) is 17.0. The molecule has 0 bridgehead atoms. The van der Waals surface area contributed by atoms with Gasteiger partial charge in [0.1, 0.15) is 5.82 Å². The van der Waals surface area contributed by atoms with E-state index in [2.05, 4.69) is 5.32 Å². The standard InChI is InChI=1S/C27H32FN3O4S/c1-19(22-9-11-24(28)12-10-22)30-27(32)23-13-21(15-26(16-23)31(2)36(3,33)34)17-35-18-25(29)14-20-7-5-4-6-8-20/h4-13,15-16,19,25H,14,17-18,29H2,1-3H3,(H,30,32)/t19-,25?/m1/s1. The predicted molar refractivity (Wildman–Crippen MR) is 140 cm³/mol. The monoisotopic (exact) mass is 513 g/mol. The average Bonchev–Trinajstić information content (AvgIpc) is 2.83. The minimum absolute atomic E-state index is 0.154. The summed E-state index contributed by atoms with van der Waals surface area (Å²) >= 11 is 0. The van der Waals surface area contributed by atoms with E-state index in [1.165, 1.54) is 25.2 Å². The fraction of sp³-hybridized carbons (Fsp3) is 0.296. The summed E-state index contributed by atoms with van der Waals surface area (Å²) in [6, 6.07) is 20.0. The number of halogens is 1. The number of anilines is 1. The van der Waals surface area contributed by atoms with E-state index in [-0.39, 0.29) is 30.1 Å². The molecule has 9 heteroatoms. The molecule has 0 fully saturated rings. The molecule has 0 aliphatic carbocycles. The lowest BCUT2D eigenvalue weighted by molar-refractivity contribution is 0.0938. The Balaban J connectivity index is 1.74. The fourth-order valence-electron chi connectivity index (χ4n) is 3.68. The summed E-state index contributed by atoms with van der Waals surface area (Å²) < 4.78 is 44.4. The first-order valence-electron chi connectivity index (χ1n) is 11.5. The molecule has 3 aromatic rings. The number of sulfonamides is 1. The Hall–Kier alpha value is -3.27. The smallest absolute Gasteiger partial charge is 0.251 e. The molecule has 1 amide bonds. The zero-order valence-electron chi connectivity index (χ0n) is 20.6. The Morgan fingerprint density at radius 3 is 2.36 bits per heavy atom. The van der Waals surface area contributed by atoms with Gasteiger partial charge in [0, 0.05) is 18.7 Å². The first-order valence-corrected chi connectivity index (χ1v) is 13.4. The molecule has 0 heterocycles. The van der Waals surface area contributed by atoms with Crippen LogP contribution in [0.5, 0.6) is 0 Å². The molecule has 1 unspecified atom stereocenters. The highest BCUT2D eigenvalue weighted by Crippen LogP contribution is 2.22. The van der Waals surface area contributed by atoms with E-state index in [4.69, 9.17) is 10.5 Å². The maximum atomic E-state index is 13.2. The summed E-state index contributed by atoms with van der Waals surface area (Å²) in [7, 11) is -2.12. The van der Waals surface area contributed by atoms with Crippen LogP contribution in [0.15, 0.2) is 72.8 Å². The van der Waals surface area contributed by atoms with Crippen molar-refractivity contribution in [3.63, 3.8) is 0 Å². The number of amides is 1. The first kappa shape index (κ1) is 27.3. The van der Waals surface area contributed by atoms with Gasteiger partial charge in [-0.1, -0.05) is 42.5 Å². The molecular weight excluding hydrogens is 481 g/mol. The number of carbonyl (C=O) groups excluding carboxylic acids is 1. The van der Waals surface area contributed by atoms with Crippen LogP contribution in [0.3, 0.4) is 0 Å². The van der Waals surface area contributed by atoms with Crippen molar-refractivity contribution in [2.45, 2.75) is 32.0 Å². The van der Waals surface area contributed by atoms with Crippen molar-refractivity contribution >= 4 is 21.6 Å². The van der Waals surface area contributed by atoms with E-state index in [1.54, 1.807) is 31.2 Å². The zero-order valence-corrected chi connectivity index (χ0v) is 21.5. The van der Waals surface area contributed by atoms with Gasteiger partial charge >= 0.3 is 0 Å². The number of benzene rings is 3. The summed E-state index contributed by atoms with van der Waals surface area (Å²) in [5.41, 5.74) is 9.31. The van der Waals surface area contributed by atoms with Gasteiger partial charge in [0.05, 0.1) is 31.2 Å². The van der Waals surface area contributed by atoms with Gasteiger partial charge in [0.25, 0.3) is 5.91 Å². The molecule has 7 nitrogen and oxygen atoms in total. The number of ether oxygens (including phenoxy) is 1. The van der Waals surface area contributed by atoms with Crippen LogP contribution in [0, 0.1) is 5.82 Å². The molecule has 0 saturated heterocycles. The third kappa shape index (κ3) is 7.87. The molecule has 0 saturated carbocycles. The Morgan fingerprint density at radius 1 is 1.06 bits per heavy atom. The van der Waals surface area contributed by atoms with Gasteiger partial charge in [0.15, 0.2) is 0 Å². The lowest BCUT2D eigenvalue weighted by atomic mass is 10.1. The molecule has 36 heavy (non-hydrogen) atoms. The van der Waals surface area contributed by atoms with E-state index >= 15 is 0 Å². The second-order valence-corrected chi connectivity index (χ2v) is 10.8. The van der Waals surface area contributed by atoms with Crippen molar-refractivity contribution in [1.29, 1.82) is 0 Å². The molecule has 2 atom stereocenters. The van der Waals surface area contributed by atoms with Gasteiger partial charge in [0.2, 0.25) is 10.0 Å². The van der Waals surface area contributed by atoms with Crippen LogP contribution in [0.4, 0.5) is 10.1 Å². The van der Waals surface area contributed by atoms with Gasteiger partial charge < -0.3 is 15.8 Å². The molecule has 0 aromatic heterocycles. The van der Waals surface area contributed by atoms with Crippen LogP contribution < -0.4 is 15.4 Å². The second-order valence-electron chi connectivity index (χ2n) is 8.83. The topological polar surface area (TPSA) is 102 Å². The highest BCUT2D eigenvalue weighted by molar-refractivity contribution is 7.92. The number of hydrogen-bond acceptors (Lipinski definition) is 5. The van der Waals surface area contributed by atoms with Crippen LogP contribution in [-0.2, 0) is 27.8 Å². The molecule has 3 aromatic carbocycles. The average molecular weight is 514 g/mol. The maximum Gasteiger partial charge on any atom is 0.251 e. The van der Waals surface area contributed by atoms with Crippen molar-refractivity contribution in [2.24, 2.45) is 5.73 Å². The SMILES string of the molecule is C[C@@H](NC(=O)c1cc(COCC(N)Cc2ccccc2)cc(N(C)S(C)(=O)=O)c1)c1ccc(F)cc1. The molecular formula is C27H32FN3O4S. The molecule has 192 valence electrons. The number of nitrogens with one attached hydrogen (secondary N) is 1.